The van der Waals surface area contributed by atoms with Crippen LogP contribution in [0.25, 0.3) is 0 Å². The van der Waals surface area contributed by atoms with E-state index in [1.807, 2.05) is 0 Å². The average Bonchev–Trinajstić information content (AvgIpc) is 1.96. The van der Waals surface area contributed by atoms with E-state index in [4.69, 9.17) is 10.2 Å². The second-order valence-corrected chi connectivity index (χ2v) is 2.87. The van der Waals surface area contributed by atoms with Crippen LogP contribution in [0.5, 0.6) is 0 Å². The van der Waals surface area contributed by atoms with Crippen molar-refractivity contribution in [3.63, 3.8) is 0 Å². The van der Waals surface area contributed by atoms with Gasteiger partial charge in [-0.3, -0.25) is 9.59 Å². The molecule has 5 heteroatoms. The molecule has 0 fully saturated rings. The van der Waals surface area contributed by atoms with E-state index in [0.29, 0.717) is 0 Å². The molecule has 0 radical (unpaired) electrons. The molecule has 0 spiro atoms. The Bertz CT molecular complexity index is 221. The minimum Gasteiger partial charge on any atom is -0.481 e. The minimum atomic E-state index is -1.16. The summed E-state index contributed by atoms with van der Waals surface area (Å²) >= 11 is 0. The maximum atomic E-state index is 10.5. The van der Waals surface area contributed by atoms with Crippen LogP contribution in [0.1, 0.15) is 26.2 Å². The van der Waals surface area contributed by atoms with Gasteiger partial charge in [0.2, 0.25) is 0 Å². The van der Waals surface area contributed by atoms with Crippen LogP contribution in [0.2, 0.25) is 0 Å². The lowest BCUT2D eigenvalue weighted by molar-refractivity contribution is -0.148. The third kappa shape index (κ3) is 5.84. The highest BCUT2D eigenvalue weighted by molar-refractivity contribution is 5.79. The third-order valence-corrected chi connectivity index (χ3v) is 1.62. The standard InChI is InChI=1S/C8H12O5/c1-5(9)2-3-6(8(12)13)4-7(10)11/h6H,2-4H2,1H3,(H,10,11)(H,12,13)/t6-/m1/s1. The molecule has 0 bridgehead atoms. The SMILES string of the molecule is CC(=O)CC[C@H](CC(=O)O)C(=O)O. The minimum absolute atomic E-state index is 0.0942. The number of rotatable bonds is 6. The fraction of sp³-hybridized carbons (Fsp3) is 0.625. The van der Waals surface area contributed by atoms with Crippen LogP contribution in [0.4, 0.5) is 0 Å². The molecule has 0 aliphatic rings. The largest absolute Gasteiger partial charge is 0.481 e. The quantitative estimate of drug-likeness (QED) is 0.634. The zero-order valence-corrected chi connectivity index (χ0v) is 7.32. The monoisotopic (exact) mass is 188 g/mol. The zero-order valence-electron chi connectivity index (χ0n) is 7.32. The van der Waals surface area contributed by atoms with Crippen LogP contribution in [0.15, 0.2) is 0 Å². The number of carboxylic acids is 2. The van der Waals surface area contributed by atoms with Crippen molar-refractivity contribution >= 4 is 17.7 Å². The summed E-state index contributed by atoms with van der Waals surface area (Å²) in [5.74, 6) is -3.40. The molecule has 0 saturated heterocycles. The summed E-state index contributed by atoms with van der Waals surface area (Å²) in [4.78, 5) is 31.2. The van der Waals surface area contributed by atoms with Gasteiger partial charge >= 0.3 is 11.9 Å². The number of carboxylic acid groups (broad SMARTS) is 2. The summed E-state index contributed by atoms with van der Waals surface area (Å²) in [5, 5.41) is 16.9. The highest BCUT2D eigenvalue weighted by atomic mass is 16.4. The predicted molar refractivity (Wildman–Crippen MR) is 43.3 cm³/mol. The van der Waals surface area contributed by atoms with Crippen LogP contribution in [-0.2, 0) is 14.4 Å². The van der Waals surface area contributed by atoms with Crippen molar-refractivity contribution in [2.45, 2.75) is 26.2 Å². The lowest BCUT2D eigenvalue weighted by atomic mass is 9.99. The Balaban J connectivity index is 4.02. The number of hydrogen-bond acceptors (Lipinski definition) is 3. The first-order valence-electron chi connectivity index (χ1n) is 3.87. The number of ketones is 1. The van der Waals surface area contributed by atoms with E-state index >= 15 is 0 Å². The maximum Gasteiger partial charge on any atom is 0.307 e. The summed E-state index contributed by atoms with van der Waals surface area (Å²) in [5.41, 5.74) is 0. The first kappa shape index (κ1) is 11.6. The van der Waals surface area contributed by atoms with Gasteiger partial charge in [0.15, 0.2) is 0 Å². The molecule has 0 aromatic rings. The van der Waals surface area contributed by atoms with E-state index in [1.165, 1.54) is 6.92 Å². The molecule has 0 unspecified atom stereocenters. The zero-order chi connectivity index (χ0) is 10.4. The fourth-order valence-electron chi connectivity index (χ4n) is 0.901. The van der Waals surface area contributed by atoms with E-state index in [2.05, 4.69) is 0 Å². The van der Waals surface area contributed by atoms with E-state index in [-0.39, 0.29) is 18.6 Å². The van der Waals surface area contributed by atoms with Gasteiger partial charge in [0.1, 0.15) is 5.78 Å². The highest BCUT2D eigenvalue weighted by Crippen LogP contribution is 2.11. The van der Waals surface area contributed by atoms with Crippen molar-refractivity contribution in [2.24, 2.45) is 5.92 Å². The summed E-state index contributed by atoms with van der Waals surface area (Å²) in [6.45, 7) is 1.35. The second kappa shape index (κ2) is 5.29. The van der Waals surface area contributed by atoms with E-state index < -0.39 is 24.3 Å². The molecule has 74 valence electrons. The summed E-state index contributed by atoms with van der Waals surface area (Å²) in [6, 6.07) is 0. The Morgan fingerprint density at radius 1 is 1.23 bits per heavy atom. The van der Waals surface area contributed by atoms with E-state index in [0.717, 1.165) is 0 Å². The van der Waals surface area contributed by atoms with Gasteiger partial charge in [-0.25, -0.2) is 0 Å². The summed E-state index contributed by atoms with van der Waals surface area (Å²) in [7, 11) is 0. The molecule has 0 amide bonds. The van der Waals surface area contributed by atoms with E-state index in [1.54, 1.807) is 0 Å². The second-order valence-electron chi connectivity index (χ2n) is 2.87. The molecule has 0 aromatic carbocycles. The van der Waals surface area contributed by atoms with Crippen molar-refractivity contribution in [3.05, 3.63) is 0 Å². The Morgan fingerprint density at radius 2 is 1.77 bits per heavy atom. The molecule has 2 N–H and O–H groups in total. The smallest absolute Gasteiger partial charge is 0.307 e. The Labute approximate surface area is 75.4 Å². The van der Waals surface area contributed by atoms with Gasteiger partial charge in [-0.1, -0.05) is 0 Å². The molecule has 1 atom stereocenters. The number of carbonyl (C=O) groups excluding carboxylic acids is 1. The third-order valence-electron chi connectivity index (χ3n) is 1.62. The average molecular weight is 188 g/mol. The number of aliphatic carboxylic acids is 2. The van der Waals surface area contributed by atoms with Gasteiger partial charge in [0.05, 0.1) is 12.3 Å². The van der Waals surface area contributed by atoms with Crippen molar-refractivity contribution in [3.8, 4) is 0 Å². The van der Waals surface area contributed by atoms with Crippen LogP contribution in [0.3, 0.4) is 0 Å². The topological polar surface area (TPSA) is 91.7 Å². The highest BCUT2D eigenvalue weighted by Gasteiger charge is 2.20. The Hall–Kier alpha value is -1.39. The lowest BCUT2D eigenvalue weighted by Crippen LogP contribution is -2.18. The number of Topliss-reactive ketones (excluding diaryl/α,β-unsaturated/α-hetero) is 1. The van der Waals surface area contributed by atoms with Crippen LogP contribution in [0, 0.1) is 5.92 Å². The molecular weight excluding hydrogens is 176 g/mol. The van der Waals surface area contributed by atoms with Gasteiger partial charge < -0.3 is 15.0 Å². The number of carbonyl (C=O) groups is 3. The first-order valence-corrected chi connectivity index (χ1v) is 3.87. The van der Waals surface area contributed by atoms with Gasteiger partial charge in [-0.2, -0.15) is 0 Å². The van der Waals surface area contributed by atoms with Crippen molar-refractivity contribution in [1.82, 2.24) is 0 Å². The summed E-state index contributed by atoms with van der Waals surface area (Å²) < 4.78 is 0. The van der Waals surface area contributed by atoms with Crippen molar-refractivity contribution in [2.75, 3.05) is 0 Å². The van der Waals surface area contributed by atoms with Gasteiger partial charge in [-0.15, -0.1) is 0 Å². The normalized spacial score (nSPS) is 12.1. The van der Waals surface area contributed by atoms with Crippen LogP contribution in [-0.4, -0.2) is 27.9 Å². The van der Waals surface area contributed by atoms with E-state index in [9.17, 15) is 14.4 Å². The molecule has 0 heterocycles. The van der Waals surface area contributed by atoms with Crippen LogP contribution >= 0.6 is 0 Å². The molecule has 5 nitrogen and oxygen atoms in total. The maximum absolute atomic E-state index is 10.5. The van der Waals surface area contributed by atoms with Gasteiger partial charge in [0, 0.05) is 6.42 Å². The number of hydrogen-bond donors (Lipinski definition) is 2. The Morgan fingerprint density at radius 3 is 2.08 bits per heavy atom. The molecule has 0 aliphatic heterocycles. The van der Waals surface area contributed by atoms with Crippen molar-refractivity contribution in [1.29, 1.82) is 0 Å². The lowest BCUT2D eigenvalue weighted by Gasteiger charge is -2.07. The first-order chi connectivity index (χ1) is 5.93. The van der Waals surface area contributed by atoms with Gasteiger partial charge in [0.25, 0.3) is 0 Å². The Kier molecular flexibility index (Phi) is 4.72. The molecule has 0 aliphatic carbocycles. The summed E-state index contributed by atoms with van der Waals surface area (Å²) in [6.07, 6.45) is -0.218. The molecule has 0 rings (SSSR count). The fourth-order valence-corrected chi connectivity index (χ4v) is 0.901. The molecular formula is C8H12O5. The van der Waals surface area contributed by atoms with Gasteiger partial charge in [-0.05, 0) is 13.3 Å². The predicted octanol–water partition coefficient (Wildman–Crippen LogP) is 0.531. The molecule has 0 aromatic heterocycles. The van der Waals surface area contributed by atoms with Crippen LogP contribution < -0.4 is 0 Å². The van der Waals surface area contributed by atoms with Crippen molar-refractivity contribution < 1.29 is 24.6 Å². The molecule has 0 saturated carbocycles. The molecule has 13 heavy (non-hydrogen) atoms.